The molecule has 1 amide bonds. The zero-order chi connectivity index (χ0) is 13.9. The number of nitrogens with zero attached hydrogens (tertiary/aromatic N) is 3. The molecular weight excluding hydrogens is 254 g/mol. The first-order chi connectivity index (χ1) is 9.78. The van der Waals surface area contributed by atoms with E-state index in [1.165, 1.54) is 5.56 Å². The summed E-state index contributed by atoms with van der Waals surface area (Å²) in [4.78, 5) is 12.1. The minimum atomic E-state index is -0.0906. The summed E-state index contributed by atoms with van der Waals surface area (Å²) in [5.74, 6) is 0.673. The van der Waals surface area contributed by atoms with E-state index in [9.17, 15) is 4.79 Å². The van der Waals surface area contributed by atoms with Crippen molar-refractivity contribution in [3.05, 3.63) is 41.5 Å². The molecule has 0 bridgehead atoms. The Kier molecular flexibility index (Phi) is 3.37. The molecule has 2 N–H and O–H groups in total. The average molecular weight is 271 g/mol. The molecule has 0 radical (unpaired) electrons. The third kappa shape index (κ3) is 2.36. The summed E-state index contributed by atoms with van der Waals surface area (Å²) < 4.78 is 1.91. The minimum Gasteiger partial charge on any atom is -0.384 e. The molecule has 0 unspecified atom stereocenters. The van der Waals surface area contributed by atoms with E-state index >= 15 is 0 Å². The lowest BCUT2D eigenvalue weighted by atomic mass is 10.1. The first-order valence-electron chi connectivity index (χ1n) is 6.79. The van der Waals surface area contributed by atoms with E-state index in [1.807, 2.05) is 29.7 Å². The van der Waals surface area contributed by atoms with Crippen LogP contribution in [0.15, 0.2) is 24.5 Å². The van der Waals surface area contributed by atoms with Crippen molar-refractivity contribution in [1.82, 2.24) is 20.1 Å². The van der Waals surface area contributed by atoms with Crippen LogP contribution in [0.3, 0.4) is 0 Å². The summed E-state index contributed by atoms with van der Waals surface area (Å²) >= 11 is 0. The third-order valence-corrected chi connectivity index (χ3v) is 3.53. The number of hydrogen-bond acceptors (Lipinski definition) is 4. The fourth-order valence-corrected chi connectivity index (χ4v) is 2.37. The van der Waals surface area contributed by atoms with E-state index in [1.54, 1.807) is 6.33 Å². The van der Waals surface area contributed by atoms with Crippen molar-refractivity contribution in [2.75, 3.05) is 11.9 Å². The Labute approximate surface area is 117 Å². The van der Waals surface area contributed by atoms with Crippen LogP contribution in [0.2, 0.25) is 0 Å². The van der Waals surface area contributed by atoms with Gasteiger partial charge in [0.15, 0.2) is 5.82 Å². The van der Waals surface area contributed by atoms with E-state index in [4.69, 9.17) is 0 Å². The second-order valence-electron chi connectivity index (χ2n) is 4.76. The lowest BCUT2D eigenvalue weighted by Gasteiger charge is -2.07. The van der Waals surface area contributed by atoms with Crippen LogP contribution in [-0.4, -0.2) is 27.2 Å². The smallest absolute Gasteiger partial charge is 0.251 e. The van der Waals surface area contributed by atoms with Crippen LogP contribution in [0.5, 0.6) is 0 Å². The lowest BCUT2D eigenvalue weighted by Crippen LogP contribution is -2.24. The molecule has 3 rings (SSSR count). The van der Waals surface area contributed by atoms with E-state index in [0.717, 1.165) is 31.0 Å². The van der Waals surface area contributed by atoms with Gasteiger partial charge in [0.1, 0.15) is 6.33 Å². The van der Waals surface area contributed by atoms with Crippen molar-refractivity contribution >= 4 is 11.6 Å². The van der Waals surface area contributed by atoms with Gasteiger partial charge in [0.25, 0.3) is 5.91 Å². The van der Waals surface area contributed by atoms with Gasteiger partial charge in [-0.1, -0.05) is 6.07 Å². The van der Waals surface area contributed by atoms with Gasteiger partial charge in [-0.3, -0.25) is 4.79 Å². The highest BCUT2D eigenvalue weighted by Crippen LogP contribution is 2.23. The van der Waals surface area contributed by atoms with Crippen molar-refractivity contribution < 1.29 is 4.79 Å². The summed E-state index contributed by atoms with van der Waals surface area (Å²) in [6.45, 7) is 4.14. The van der Waals surface area contributed by atoms with Crippen molar-refractivity contribution in [1.29, 1.82) is 0 Å². The normalized spacial score (nSPS) is 12.8. The Hall–Kier alpha value is -2.37. The predicted octanol–water partition coefficient (Wildman–Crippen LogP) is 1.20. The monoisotopic (exact) mass is 271 g/mol. The number of aryl methyl sites for hydroxylation is 1. The largest absolute Gasteiger partial charge is 0.384 e. The fourth-order valence-electron chi connectivity index (χ4n) is 2.37. The van der Waals surface area contributed by atoms with Gasteiger partial charge in [-0.05, 0) is 31.0 Å². The number of aromatic nitrogens is 3. The fraction of sp³-hybridized carbons (Fsp3) is 0.357. The highest BCUT2D eigenvalue weighted by Gasteiger charge is 2.13. The van der Waals surface area contributed by atoms with Crippen LogP contribution in [-0.2, 0) is 19.5 Å². The van der Waals surface area contributed by atoms with Crippen molar-refractivity contribution in [2.45, 2.75) is 26.4 Å². The number of amides is 1. The molecule has 0 fully saturated rings. The van der Waals surface area contributed by atoms with Gasteiger partial charge in [0.2, 0.25) is 0 Å². The number of carbonyl (C=O) groups is 1. The number of fused-ring (bicyclic) bond motifs is 1. The minimum absolute atomic E-state index is 0.0906. The Balaban J connectivity index is 1.67. The number of carbonyl (C=O) groups excluding carboxylic acids is 1. The molecule has 6 heteroatoms. The second-order valence-corrected chi connectivity index (χ2v) is 4.76. The molecule has 1 aromatic carbocycles. The summed E-state index contributed by atoms with van der Waals surface area (Å²) in [5.41, 5.74) is 3.00. The van der Waals surface area contributed by atoms with Gasteiger partial charge < -0.3 is 15.2 Å². The Morgan fingerprint density at radius 2 is 2.40 bits per heavy atom. The van der Waals surface area contributed by atoms with Gasteiger partial charge in [-0.25, -0.2) is 0 Å². The van der Waals surface area contributed by atoms with Crippen LogP contribution >= 0.6 is 0 Å². The highest BCUT2D eigenvalue weighted by atomic mass is 16.1. The highest BCUT2D eigenvalue weighted by molar-refractivity contribution is 5.95. The number of benzene rings is 1. The third-order valence-electron chi connectivity index (χ3n) is 3.53. The number of rotatable bonds is 4. The van der Waals surface area contributed by atoms with Gasteiger partial charge in [-0.2, -0.15) is 0 Å². The summed E-state index contributed by atoms with van der Waals surface area (Å²) in [7, 11) is 0. The van der Waals surface area contributed by atoms with Gasteiger partial charge in [0, 0.05) is 24.3 Å². The van der Waals surface area contributed by atoms with Gasteiger partial charge in [0.05, 0.1) is 6.54 Å². The molecule has 0 saturated heterocycles. The topological polar surface area (TPSA) is 71.8 Å². The van der Waals surface area contributed by atoms with E-state index in [0.29, 0.717) is 12.1 Å². The predicted molar refractivity (Wildman–Crippen MR) is 75.5 cm³/mol. The molecule has 0 aliphatic carbocycles. The molecule has 0 atom stereocenters. The first kappa shape index (κ1) is 12.7. The number of hydrogen-bond donors (Lipinski definition) is 2. The summed E-state index contributed by atoms with van der Waals surface area (Å²) in [6.07, 6.45) is 2.69. The van der Waals surface area contributed by atoms with Crippen LogP contribution in [0, 0.1) is 0 Å². The average Bonchev–Trinajstić information content (AvgIpc) is 3.12. The molecule has 104 valence electrons. The molecule has 0 spiro atoms. The second kappa shape index (κ2) is 5.32. The lowest BCUT2D eigenvalue weighted by molar-refractivity contribution is 0.0949. The molecule has 2 heterocycles. The maximum absolute atomic E-state index is 12.1. The SMILES string of the molecule is CCn1cnnc1CNC(=O)c1ccc2c(c1)NCC2. The molecule has 1 aliphatic rings. The van der Waals surface area contributed by atoms with Crippen molar-refractivity contribution in [3.63, 3.8) is 0 Å². The molecule has 1 aromatic heterocycles. The van der Waals surface area contributed by atoms with Crippen LogP contribution in [0.25, 0.3) is 0 Å². The Bertz CT molecular complexity index is 634. The maximum atomic E-state index is 12.1. The molecule has 2 aromatic rings. The number of anilines is 1. The van der Waals surface area contributed by atoms with Crippen molar-refractivity contribution in [2.24, 2.45) is 0 Å². The molecule has 1 aliphatic heterocycles. The standard InChI is InChI=1S/C14H17N5O/c1-2-19-9-17-18-13(19)8-16-14(20)11-4-3-10-5-6-15-12(10)7-11/h3-4,7,9,15H,2,5-6,8H2,1H3,(H,16,20). The quantitative estimate of drug-likeness (QED) is 0.876. The van der Waals surface area contributed by atoms with E-state index < -0.39 is 0 Å². The van der Waals surface area contributed by atoms with E-state index in [2.05, 4.69) is 20.8 Å². The molecular formula is C14H17N5O. The molecule has 6 nitrogen and oxygen atoms in total. The van der Waals surface area contributed by atoms with Crippen LogP contribution in [0.4, 0.5) is 5.69 Å². The zero-order valence-electron chi connectivity index (χ0n) is 11.4. The van der Waals surface area contributed by atoms with Gasteiger partial charge in [-0.15, -0.1) is 10.2 Å². The van der Waals surface area contributed by atoms with E-state index in [-0.39, 0.29) is 5.91 Å². The summed E-state index contributed by atoms with van der Waals surface area (Å²) in [6, 6.07) is 5.78. The van der Waals surface area contributed by atoms with Crippen molar-refractivity contribution in [3.8, 4) is 0 Å². The zero-order valence-corrected chi connectivity index (χ0v) is 11.4. The molecule has 20 heavy (non-hydrogen) atoms. The van der Waals surface area contributed by atoms with Crippen LogP contribution < -0.4 is 10.6 Å². The van der Waals surface area contributed by atoms with Gasteiger partial charge >= 0.3 is 0 Å². The van der Waals surface area contributed by atoms with Crippen LogP contribution in [0.1, 0.15) is 28.7 Å². The maximum Gasteiger partial charge on any atom is 0.251 e. The first-order valence-corrected chi connectivity index (χ1v) is 6.79. The Morgan fingerprint density at radius 1 is 1.50 bits per heavy atom. The number of nitrogens with one attached hydrogen (secondary N) is 2. The molecule has 0 saturated carbocycles. The summed E-state index contributed by atoms with van der Waals surface area (Å²) in [5, 5.41) is 14.0. The Morgan fingerprint density at radius 3 is 3.25 bits per heavy atom.